The number of hydrogen-bond donors (Lipinski definition) is 0. The smallest absolute Gasteiger partial charge is 0.0819 e. The summed E-state index contributed by atoms with van der Waals surface area (Å²) >= 11 is 0. The lowest BCUT2D eigenvalue weighted by atomic mass is 9.48. The molecule has 0 nitrogen and oxygen atoms in total. The Labute approximate surface area is 198 Å². The Morgan fingerprint density at radius 3 is 1.33 bits per heavy atom. The van der Waals surface area contributed by atoms with E-state index in [-0.39, 0.29) is 5.41 Å². The number of benzene rings is 4. The van der Waals surface area contributed by atoms with Gasteiger partial charge < -0.3 is 0 Å². The minimum absolute atomic E-state index is 0.322. The van der Waals surface area contributed by atoms with Crippen LogP contribution in [0.2, 0.25) is 27.3 Å². The van der Waals surface area contributed by atoms with E-state index in [0.29, 0.717) is 13.4 Å². The molecule has 0 fully saturated rings. The van der Waals surface area contributed by atoms with Gasteiger partial charge in [-0.1, -0.05) is 135 Å². The van der Waals surface area contributed by atoms with Crippen molar-refractivity contribution >= 4 is 36.5 Å². The van der Waals surface area contributed by atoms with E-state index in [0.717, 1.165) is 0 Å². The summed E-state index contributed by atoms with van der Waals surface area (Å²) < 4.78 is 0. The highest BCUT2D eigenvalue weighted by atomic mass is 14.5. The van der Waals surface area contributed by atoms with Gasteiger partial charge in [-0.05, 0) is 44.5 Å². The van der Waals surface area contributed by atoms with Gasteiger partial charge in [0, 0.05) is 0 Å². The van der Waals surface area contributed by atoms with Crippen molar-refractivity contribution in [2.45, 2.75) is 32.7 Å². The highest BCUT2D eigenvalue weighted by molar-refractivity contribution is 6.71. The van der Waals surface area contributed by atoms with Gasteiger partial charge in [-0.15, -0.1) is 0 Å². The average Bonchev–Trinajstić information content (AvgIpc) is 3.04. The first-order valence-electron chi connectivity index (χ1n) is 12.2. The van der Waals surface area contributed by atoms with E-state index in [1.807, 2.05) is 0 Å². The zero-order valence-corrected chi connectivity index (χ0v) is 19.9. The molecule has 2 aliphatic rings. The van der Waals surface area contributed by atoms with Crippen LogP contribution in [0.5, 0.6) is 0 Å². The highest BCUT2D eigenvalue weighted by Crippen LogP contribution is 2.58. The van der Waals surface area contributed by atoms with Crippen LogP contribution in [-0.4, -0.2) is 13.4 Å². The summed E-state index contributed by atoms with van der Waals surface area (Å²) in [5, 5.41) is 0. The van der Waals surface area contributed by atoms with Gasteiger partial charge in [-0.25, -0.2) is 0 Å². The van der Waals surface area contributed by atoms with Crippen molar-refractivity contribution in [3.05, 3.63) is 118 Å². The monoisotopic (exact) mass is 422 g/mol. The molecule has 0 aliphatic heterocycles. The Kier molecular flexibility index (Phi) is 4.56. The molecule has 0 aromatic heterocycles. The number of rotatable bonds is 2. The largest absolute Gasteiger partial charge is 0.169 e. The van der Waals surface area contributed by atoms with E-state index in [1.165, 1.54) is 55.4 Å². The van der Waals surface area contributed by atoms with Gasteiger partial charge in [0.15, 0.2) is 13.4 Å². The van der Waals surface area contributed by atoms with Crippen LogP contribution in [-0.2, 0) is 5.41 Å². The average molecular weight is 422 g/mol. The SMILES string of the molecule is CB(C)c1ccc2c(c1)C1(c3cc(B(C)C)ccc3C=C2)c2ccccc2-c2ccccc21. The maximum atomic E-state index is 2.49. The third kappa shape index (κ3) is 2.80. The molecule has 0 radical (unpaired) electrons. The molecule has 33 heavy (non-hydrogen) atoms. The Hall–Kier alpha value is -3.25. The minimum Gasteiger partial charge on any atom is -0.0819 e. The van der Waals surface area contributed by atoms with Crippen LogP contribution in [0.15, 0.2) is 84.9 Å². The summed E-state index contributed by atoms with van der Waals surface area (Å²) in [6.45, 7) is 10.1. The Morgan fingerprint density at radius 2 is 0.909 bits per heavy atom. The molecular weight excluding hydrogens is 394 g/mol. The maximum absolute atomic E-state index is 2.49. The summed E-state index contributed by atoms with van der Waals surface area (Å²) in [5.41, 5.74) is 13.4. The molecule has 0 unspecified atom stereocenters. The van der Waals surface area contributed by atoms with Gasteiger partial charge >= 0.3 is 0 Å². The predicted molar refractivity (Wildman–Crippen MR) is 147 cm³/mol. The second-order valence-corrected chi connectivity index (χ2v) is 10.2. The van der Waals surface area contributed by atoms with Crippen LogP contribution >= 0.6 is 0 Å². The van der Waals surface area contributed by atoms with Crippen molar-refractivity contribution in [2.24, 2.45) is 0 Å². The number of fused-ring (bicyclic) bond motifs is 9. The molecule has 0 saturated carbocycles. The molecule has 1 spiro atoms. The first-order valence-corrected chi connectivity index (χ1v) is 12.2. The normalized spacial score (nSPS) is 14.2. The molecule has 2 aliphatic carbocycles. The van der Waals surface area contributed by atoms with Crippen molar-refractivity contribution in [1.82, 2.24) is 0 Å². The van der Waals surface area contributed by atoms with Crippen LogP contribution in [0.25, 0.3) is 23.3 Å². The molecule has 158 valence electrons. The Balaban J connectivity index is 1.84. The van der Waals surface area contributed by atoms with Crippen molar-refractivity contribution in [2.75, 3.05) is 0 Å². The first-order chi connectivity index (χ1) is 16.0. The summed E-state index contributed by atoms with van der Waals surface area (Å²) in [4.78, 5) is 0. The standard InChI is InChI=1S/C31H28B2/c1-32(2)23-17-15-21-13-14-22-16-18-24(33(3)4)20-30(22)31(29(21)19-23)27-11-7-5-9-25(27)26-10-6-8-12-28(26)31/h5-20H,1-4H3. The third-order valence-electron chi connectivity index (χ3n) is 7.69. The molecule has 0 atom stereocenters. The summed E-state index contributed by atoms with van der Waals surface area (Å²) in [6, 6.07) is 32.4. The molecule has 4 aromatic rings. The fourth-order valence-corrected chi connectivity index (χ4v) is 5.95. The molecule has 0 N–H and O–H groups in total. The van der Waals surface area contributed by atoms with Gasteiger partial charge in [0.25, 0.3) is 0 Å². The van der Waals surface area contributed by atoms with Crippen LogP contribution in [0, 0.1) is 0 Å². The van der Waals surface area contributed by atoms with Crippen LogP contribution in [0.1, 0.15) is 33.4 Å². The lowest BCUT2D eigenvalue weighted by Gasteiger charge is -2.36. The predicted octanol–water partition coefficient (Wildman–Crippen LogP) is 6.46. The Bertz CT molecular complexity index is 1320. The van der Waals surface area contributed by atoms with Crippen molar-refractivity contribution < 1.29 is 0 Å². The first kappa shape index (κ1) is 20.4. The van der Waals surface area contributed by atoms with Crippen molar-refractivity contribution in [1.29, 1.82) is 0 Å². The second kappa shape index (κ2) is 7.39. The summed E-state index contributed by atoms with van der Waals surface area (Å²) in [6.07, 6.45) is 4.65. The van der Waals surface area contributed by atoms with E-state index in [4.69, 9.17) is 0 Å². The van der Waals surface area contributed by atoms with E-state index >= 15 is 0 Å². The molecule has 4 aromatic carbocycles. The van der Waals surface area contributed by atoms with E-state index in [9.17, 15) is 0 Å². The van der Waals surface area contributed by atoms with Gasteiger partial charge in [0.2, 0.25) is 0 Å². The lowest BCUT2D eigenvalue weighted by Crippen LogP contribution is -2.35. The molecule has 6 rings (SSSR count). The van der Waals surface area contributed by atoms with E-state index < -0.39 is 0 Å². The lowest BCUT2D eigenvalue weighted by molar-refractivity contribution is 0.768. The summed E-state index contributed by atoms with van der Waals surface area (Å²) in [5.74, 6) is 0. The van der Waals surface area contributed by atoms with Crippen molar-refractivity contribution in [3.63, 3.8) is 0 Å². The van der Waals surface area contributed by atoms with Gasteiger partial charge in [0.05, 0.1) is 5.41 Å². The van der Waals surface area contributed by atoms with Gasteiger partial charge in [-0.3, -0.25) is 0 Å². The van der Waals surface area contributed by atoms with E-state index in [1.54, 1.807) is 0 Å². The zero-order valence-electron chi connectivity index (χ0n) is 19.9. The number of hydrogen-bond acceptors (Lipinski definition) is 0. The topological polar surface area (TPSA) is 0 Å². The van der Waals surface area contributed by atoms with Gasteiger partial charge in [0.1, 0.15) is 0 Å². The van der Waals surface area contributed by atoms with Crippen LogP contribution in [0.3, 0.4) is 0 Å². The third-order valence-corrected chi connectivity index (χ3v) is 7.69. The molecule has 2 heteroatoms. The highest BCUT2D eigenvalue weighted by Gasteiger charge is 2.48. The minimum atomic E-state index is -0.322. The maximum Gasteiger partial charge on any atom is 0.169 e. The molecule has 0 bridgehead atoms. The fraction of sp³-hybridized carbons (Fsp3) is 0.161. The molecular formula is C31H28B2. The molecule has 0 saturated heterocycles. The zero-order chi connectivity index (χ0) is 22.7. The fourth-order valence-electron chi connectivity index (χ4n) is 5.95. The van der Waals surface area contributed by atoms with E-state index in [2.05, 4.69) is 124 Å². The quantitative estimate of drug-likeness (QED) is 0.281. The van der Waals surface area contributed by atoms with Crippen molar-refractivity contribution in [3.8, 4) is 11.1 Å². The molecule has 0 heterocycles. The molecule has 0 amide bonds. The van der Waals surface area contributed by atoms with Crippen LogP contribution in [0.4, 0.5) is 0 Å². The van der Waals surface area contributed by atoms with Gasteiger partial charge in [-0.2, -0.15) is 0 Å². The van der Waals surface area contributed by atoms with Crippen LogP contribution < -0.4 is 10.9 Å². The summed E-state index contributed by atoms with van der Waals surface area (Å²) in [7, 11) is 0. The second-order valence-electron chi connectivity index (χ2n) is 10.2. The Morgan fingerprint density at radius 1 is 0.485 bits per heavy atom.